The fourth-order valence-corrected chi connectivity index (χ4v) is 1.52. The van der Waals surface area contributed by atoms with E-state index in [1.54, 1.807) is 0 Å². The van der Waals surface area contributed by atoms with Gasteiger partial charge in [0.15, 0.2) is 5.96 Å². The number of aliphatic imine (C=N–C) groups is 1. The van der Waals surface area contributed by atoms with Gasteiger partial charge in [0, 0.05) is 0 Å². The van der Waals surface area contributed by atoms with E-state index in [0.29, 0.717) is 12.5 Å². The normalized spacial score (nSPS) is 13.3. The van der Waals surface area contributed by atoms with E-state index in [2.05, 4.69) is 25.5 Å². The van der Waals surface area contributed by atoms with Crippen LogP contribution in [0.2, 0.25) is 0 Å². The molecule has 0 saturated heterocycles. The average Bonchev–Trinajstić information content (AvgIpc) is 2.91. The predicted octanol–water partition coefficient (Wildman–Crippen LogP) is 0.970. The Morgan fingerprint density at radius 3 is 2.89 bits per heavy atom. The molecule has 1 aromatic carbocycles. The predicted molar refractivity (Wildman–Crippen MR) is 69.7 cm³/mol. The Balaban J connectivity index is 1.90. The van der Waals surface area contributed by atoms with Crippen LogP contribution in [0.4, 0.5) is 0 Å². The number of nitrogens with one attached hydrogen (secondary N) is 2. The Hall–Kier alpha value is -2.37. The van der Waals surface area contributed by atoms with Crippen LogP contribution in [0.1, 0.15) is 24.4 Å². The molecule has 0 fully saturated rings. The molecule has 0 amide bonds. The molecule has 0 aliphatic rings. The van der Waals surface area contributed by atoms with Crippen LogP contribution in [0.3, 0.4) is 0 Å². The number of aromatic nitrogens is 3. The first-order valence-electron chi connectivity index (χ1n) is 5.71. The fourth-order valence-electron chi connectivity index (χ4n) is 1.52. The van der Waals surface area contributed by atoms with Crippen molar-refractivity contribution in [3.05, 3.63) is 48.0 Å². The highest BCUT2D eigenvalue weighted by Gasteiger charge is 2.08. The summed E-state index contributed by atoms with van der Waals surface area (Å²) in [5.74, 6) is 1.12. The maximum absolute atomic E-state index is 5.81. The summed E-state index contributed by atoms with van der Waals surface area (Å²) in [6.45, 7) is 2.49. The third-order valence-corrected chi connectivity index (χ3v) is 2.48. The molecule has 0 aliphatic carbocycles. The number of nitrogens with zero attached hydrogens (tertiary/aromatic N) is 3. The molecule has 1 unspecified atom stereocenters. The SMILES string of the molecule is CC(NC(N)=NCc1ccccc1)c1ncn[nH]1. The summed E-state index contributed by atoms with van der Waals surface area (Å²) in [6.07, 6.45) is 1.46. The van der Waals surface area contributed by atoms with E-state index in [-0.39, 0.29) is 6.04 Å². The first-order chi connectivity index (χ1) is 8.75. The lowest BCUT2D eigenvalue weighted by atomic mass is 10.2. The summed E-state index contributed by atoms with van der Waals surface area (Å²) in [4.78, 5) is 8.31. The van der Waals surface area contributed by atoms with Gasteiger partial charge in [0.1, 0.15) is 12.2 Å². The van der Waals surface area contributed by atoms with Gasteiger partial charge in [0.2, 0.25) is 0 Å². The highest BCUT2D eigenvalue weighted by atomic mass is 15.2. The Morgan fingerprint density at radius 1 is 1.44 bits per heavy atom. The Kier molecular flexibility index (Phi) is 3.90. The van der Waals surface area contributed by atoms with Crippen LogP contribution in [-0.4, -0.2) is 21.1 Å². The minimum atomic E-state index is -0.0491. The van der Waals surface area contributed by atoms with Gasteiger partial charge < -0.3 is 11.1 Å². The molecule has 0 bridgehead atoms. The number of rotatable bonds is 4. The van der Waals surface area contributed by atoms with E-state index in [9.17, 15) is 0 Å². The molecule has 2 aromatic rings. The van der Waals surface area contributed by atoms with Crippen molar-refractivity contribution in [2.75, 3.05) is 0 Å². The van der Waals surface area contributed by atoms with Crippen LogP contribution in [0.25, 0.3) is 0 Å². The monoisotopic (exact) mass is 244 g/mol. The Morgan fingerprint density at radius 2 is 2.22 bits per heavy atom. The first-order valence-corrected chi connectivity index (χ1v) is 5.71. The van der Waals surface area contributed by atoms with Gasteiger partial charge in [-0.25, -0.2) is 9.98 Å². The molecule has 0 aliphatic heterocycles. The zero-order chi connectivity index (χ0) is 12.8. The van der Waals surface area contributed by atoms with Crippen molar-refractivity contribution in [2.24, 2.45) is 10.7 Å². The summed E-state index contributed by atoms with van der Waals surface area (Å²) in [5.41, 5.74) is 6.93. The fraction of sp³-hybridized carbons (Fsp3) is 0.250. The number of hydrogen-bond donors (Lipinski definition) is 3. The van der Waals surface area contributed by atoms with Crippen molar-refractivity contribution < 1.29 is 0 Å². The summed E-state index contributed by atoms with van der Waals surface area (Å²) in [6, 6.07) is 9.90. The zero-order valence-electron chi connectivity index (χ0n) is 10.2. The minimum absolute atomic E-state index is 0.0491. The van der Waals surface area contributed by atoms with E-state index < -0.39 is 0 Å². The van der Waals surface area contributed by atoms with Crippen molar-refractivity contribution in [1.82, 2.24) is 20.5 Å². The highest BCUT2D eigenvalue weighted by Crippen LogP contribution is 2.04. The van der Waals surface area contributed by atoms with Crippen molar-refractivity contribution in [3.63, 3.8) is 0 Å². The molecule has 94 valence electrons. The summed E-state index contributed by atoms with van der Waals surface area (Å²) < 4.78 is 0. The van der Waals surface area contributed by atoms with Crippen LogP contribution in [0.15, 0.2) is 41.7 Å². The molecule has 6 heteroatoms. The lowest BCUT2D eigenvalue weighted by Gasteiger charge is -2.11. The molecule has 0 radical (unpaired) electrons. The largest absolute Gasteiger partial charge is 0.370 e. The first kappa shape index (κ1) is 12.1. The quantitative estimate of drug-likeness (QED) is 0.552. The smallest absolute Gasteiger partial charge is 0.189 e. The number of hydrogen-bond acceptors (Lipinski definition) is 3. The molecule has 0 saturated carbocycles. The van der Waals surface area contributed by atoms with Crippen LogP contribution >= 0.6 is 0 Å². The molecular weight excluding hydrogens is 228 g/mol. The number of benzene rings is 1. The molecule has 1 aromatic heterocycles. The third kappa shape index (κ3) is 3.31. The van der Waals surface area contributed by atoms with E-state index in [4.69, 9.17) is 5.73 Å². The maximum Gasteiger partial charge on any atom is 0.189 e. The van der Waals surface area contributed by atoms with Gasteiger partial charge in [-0.15, -0.1) is 0 Å². The van der Waals surface area contributed by atoms with Gasteiger partial charge in [-0.2, -0.15) is 5.10 Å². The van der Waals surface area contributed by atoms with E-state index in [1.807, 2.05) is 37.3 Å². The molecule has 4 N–H and O–H groups in total. The van der Waals surface area contributed by atoms with Gasteiger partial charge in [-0.05, 0) is 12.5 Å². The second kappa shape index (κ2) is 5.81. The van der Waals surface area contributed by atoms with Gasteiger partial charge in [0.25, 0.3) is 0 Å². The molecule has 1 heterocycles. The van der Waals surface area contributed by atoms with Crippen LogP contribution < -0.4 is 11.1 Å². The van der Waals surface area contributed by atoms with Crippen molar-refractivity contribution in [2.45, 2.75) is 19.5 Å². The zero-order valence-corrected chi connectivity index (χ0v) is 10.2. The molecule has 2 rings (SSSR count). The van der Waals surface area contributed by atoms with Crippen LogP contribution in [0, 0.1) is 0 Å². The summed E-state index contributed by atoms with van der Waals surface area (Å²) in [5, 5.41) is 9.62. The highest BCUT2D eigenvalue weighted by molar-refractivity contribution is 5.78. The second-order valence-corrected chi connectivity index (χ2v) is 3.92. The average molecular weight is 244 g/mol. The van der Waals surface area contributed by atoms with E-state index in [1.165, 1.54) is 6.33 Å². The summed E-state index contributed by atoms with van der Waals surface area (Å²) >= 11 is 0. The maximum atomic E-state index is 5.81. The van der Waals surface area contributed by atoms with Gasteiger partial charge in [0.05, 0.1) is 12.6 Å². The Bertz CT molecular complexity index is 491. The lowest BCUT2D eigenvalue weighted by Crippen LogP contribution is -2.34. The molecule has 6 nitrogen and oxygen atoms in total. The molecule has 0 spiro atoms. The van der Waals surface area contributed by atoms with Crippen LogP contribution in [-0.2, 0) is 6.54 Å². The lowest BCUT2D eigenvalue weighted by molar-refractivity contribution is 0.660. The van der Waals surface area contributed by atoms with E-state index >= 15 is 0 Å². The number of aromatic amines is 1. The van der Waals surface area contributed by atoms with Gasteiger partial charge in [-0.1, -0.05) is 30.3 Å². The Labute approximate surface area is 105 Å². The molecule has 1 atom stereocenters. The van der Waals surface area contributed by atoms with Crippen LogP contribution in [0.5, 0.6) is 0 Å². The van der Waals surface area contributed by atoms with Gasteiger partial charge >= 0.3 is 0 Å². The molecular formula is C12H16N6. The standard InChI is InChI=1S/C12H16N6/c1-9(11-15-8-16-18-11)17-12(13)14-7-10-5-3-2-4-6-10/h2-6,8-9H,7H2,1H3,(H3,13,14,17)(H,15,16,18). The second-order valence-electron chi connectivity index (χ2n) is 3.92. The van der Waals surface area contributed by atoms with Gasteiger partial charge in [-0.3, -0.25) is 5.10 Å². The topological polar surface area (TPSA) is 92.0 Å². The van der Waals surface area contributed by atoms with Crippen molar-refractivity contribution in [1.29, 1.82) is 0 Å². The third-order valence-electron chi connectivity index (χ3n) is 2.48. The number of guanidine groups is 1. The van der Waals surface area contributed by atoms with E-state index in [0.717, 1.165) is 11.4 Å². The number of H-pyrrole nitrogens is 1. The molecule has 18 heavy (non-hydrogen) atoms. The van der Waals surface area contributed by atoms with Crippen molar-refractivity contribution >= 4 is 5.96 Å². The van der Waals surface area contributed by atoms with Crippen molar-refractivity contribution in [3.8, 4) is 0 Å². The summed E-state index contributed by atoms with van der Waals surface area (Å²) in [7, 11) is 0. The minimum Gasteiger partial charge on any atom is -0.370 e. The number of nitrogens with two attached hydrogens (primary N) is 1.